The number of ether oxygens (including phenoxy) is 6. The van der Waals surface area contributed by atoms with Gasteiger partial charge in [-0.25, -0.2) is 9.59 Å². The summed E-state index contributed by atoms with van der Waals surface area (Å²) < 4.78 is 31.7. The molecule has 0 aromatic heterocycles. The number of esters is 3. The first-order chi connectivity index (χ1) is 20.7. The van der Waals surface area contributed by atoms with Gasteiger partial charge in [0.25, 0.3) is 0 Å². The Labute approximate surface area is 249 Å². The average molecular weight is 604 g/mol. The van der Waals surface area contributed by atoms with Crippen molar-refractivity contribution >= 4 is 30.0 Å². The van der Waals surface area contributed by atoms with E-state index in [4.69, 9.17) is 38.6 Å². The van der Waals surface area contributed by atoms with E-state index in [-0.39, 0.29) is 44.0 Å². The van der Waals surface area contributed by atoms with E-state index in [0.717, 1.165) is 5.56 Å². The molecule has 1 fully saturated rings. The molecule has 0 spiro atoms. The lowest BCUT2D eigenvalue weighted by Crippen LogP contribution is -2.44. The Morgan fingerprint density at radius 2 is 1.81 bits per heavy atom. The van der Waals surface area contributed by atoms with Gasteiger partial charge in [-0.2, -0.15) is 0 Å². The summed E-state index contributed by atoms with van der Waals surface area (Å²) in [7, 11) is 2.78. The van der Waals surface area contributed by atoms with Gasteiger partial charge in [-0.15, -0.1) is 0 Å². The van der Waals surface area contributed by atoms with Gasteiger partial charge in [-0.1, -0.05) is 24.8 Å². The minimum atomic E-state index is -0.970. The fraction of sp³-hybridized carbons (Fsp3) is 0.400. The summed E-state index contributed by atoms with van der Waals surface area (Å²) in [5.74, 6) is -1.51. The first-order valence-corrected chi connectivity index (χ1v) is 13.2. The van der Waals surface area contributed by atoms with Crippen LogP contribution in [-0.2, 0) is 57.9 Å². The fourth-order valence-electron chi connectivity index (χ4n) is 4.06. The van der Waals surface area contributed by atoms with E-state index >= 15 is 0 Å². The van der Waals surface area contributed by atoms with Crippen LogP contribution in [0.15, 0.2) is 49.1 Å². The lowest BCUT2D eigenvalue weighted by atomic mass is 10.0. The number of anilines is 1. The van der Waals surface area contributed by atoms with Crippen LogP contribution in [0.4, 0.5) is 5.69 Å². The monoisotopic (exact) mass is 603 g/mol. The quantitative estimate of drug-likeness (QED) is 0.132. The highest BCUT2D eigenvalue weighted by Crippen LogP contribution is 2.29. The molecular formula is C30H37NO12. The Morgan fingerprint density at radius 1 is 1.07 bits per heavy atom. The lowest BCUT2D eigenvalue weighted by molar-refractivity contribution is -0.204. The summed E-state index contributed by atoms with van der Waals surface area (Å²) in [6.07, 6.45) is -0.205. The zero-order valence-corrected chi connectivity index (χ0v) is 24.3. The van der Waals surface area contributed by atoms with Crippen molar-refractivity contribution in [2.45, 2.75) is 58.1 Å². The third kappa shape index (κ3) is 11.1. The van der Waals surface area contributed by atoms with Crippen LogP contribution in [0.25, 0.3) is 0 Å². The minimum absolute atomic E-state index is 0.0334. The summed E-state index contributed by atoms with van der Waals surface area (Å²) in [6, 6.07) is 9.88. The van der Waals surface area contributed by atoms with E-state index in [1.54, 1.807) is 36.4 Å². The molecule has 1 aliphatic heterocycles. The molecule has 13 heteroatoms. The molecule has 0 radical (unpaired) electrons. The lowest BCUT2D eigenvalue weighted by Gasteiger charge is -2.33. The Balaban J connectivity index is 0.000000413. The van der Waals surface area contributed by atoms with Crippen molar-refractivity contribution < 1.29 is 57.8 Å². The molecule has 1 heterocycles. The number of benzene rings is 2. The molecule has 3 unspecified atom stereocenters. The van der Waals surface area contributed by atoms with Gasteiger partial charge in [0, 0.05) is 38.1 Å². The van der Waals surface area contributed by atoms with Gasteiger partial charge in [0.15, 0.2) is 6.10 Å². The van der Waals surface area contributed by atoms with Crippen LogP contribution in [0.2, 0.25) is 0 Å². The normalized spacial score (nSPS) is 17.4. The van der Waals surface area contributed by atoms with Gasteiger partial charge in [0.2, 0.25) is 12.7 Å². The number of nitrogens with one attached hydrogen (secondary N) is 1. The summed E-state index contributed by atoms with van der Waals surface area (Å²) >= 11 is 0. The van der Waals surface area contributed by atoms with Crippen LogP contribution in [0.1, 0.15) is 46.8 Å². The number of amides is 1. The topological polar surface area (TPSA) is 176 Å². The van der Waals surface area contributed by atoms with Crippen molar-refractivity contribution in [1.82, 2.24) is 0 Å². The van der Waals surface area contributed by atoms with Crippen molar-refractivity contribution in [2.75, 3.05) is 26.1 Å². The maximum atomic E-state index is 12.5. The number of aliphatic hydroxyl groups is 2. The van der Waals surface area contributed by atoms with Crippen LogP contribution in [0, 0.1) is 0 Å². The SMILES string of the molecule is C=CCOC(=O)c1cc(COC)ccc1OC1CC(OC(C)=O)CC(C(=O)OC)O1.O=CNc1ccc(CO)cc1CO. The summed E-state index contributed by atoms with van der Waals surface area (Å²) in [4.78, 5) is 46.0. The molecule has 2 aromatic rings. The highest BCUT2D eigenvalue weighted by atomic mass is 16.7. The molecule has 234 valence electrons. The number of carbonyl (C=O) groups excluding carboxylic acids is 4. The van der Waals surface area contributed by atoms with Crippen LogP contribution < -0.4 is 10.1 Å². The largest absolute Gasteiger partial charge is 0.467 e. The Hall–Kier alpha value is -4.30. The van der Waals surface area contributed by atoms with Gasteiger partial charge >= 0.3 is 17.9 Å². The Kier molecular flexibility index (Phi) is 14.8. The van der Waals surface area contributed by atoms with Crippen LogP contribution in [0.3, 0.4) is 0 Å². The molecule has 13 nitrogen and oxygen atoms in total. The first kappa shape index (κ1) is 34.9. The maximum Gasteiger partial charge on any atom is 0.342 e. The Morgan fingerprint density at radius 3 is 2.42 bits per heavy atom. The molecule has 3 rings (SSSR count). The van der Waals surface area contributed by atoms with Crippen molar-refractivity contribution in [3.05, 3.63) is 71.3 Å². The molecule has 1 aliphatic rings. The second kappa shape index (κ2) is 18.3. The summed E-state index contributed by atoms with van der Waals surface area (Å²) in [5, 5.41) is 20.2. The van der Waals surface area contributed by atoms with E-state index in [0.29, 0.717) is 29.8 Å². The number of aliphatic hydroxyl groups excluding tert-OH is 2. The van der Waals surface area contributed by atoms with Gasteiger partial charge in [-0.05, 0) is 35.4 Å². The highest BCUT2D eigenvalue weighted by Gasteiger charge is 2.37. The second-order valence-electron chi connectivity index (χ2n) is 9.12. The van der Waals surface area contributed by atoms with Crippen LogP contribution in [0.5, 0.6) is 5.75 Å². The predicted octanol–water partition coefficient (Wildman–Crippen LogP) is 2.40. The van der Waals surface area contributed by atoms with Gasteiger partial charge < -0.3 is 44.0 Å². The molecule has 2 aromatic carbocycles. The molecule has 1 saturated heterocycles. The van der Waals surface area contributed by atoms with Gasteiger partial charge in [0.05, 0.1) is 26.9 Å². The molecule has 0 aliphatic carbocycles. The molecule has 3 N–H and O–H groups in total. The van der Waals surface area contributed by atoms with Crippen LogP contribution in [-0.4, -0.2) is 73.9 Å². The highest BCUT2D eigenvalue weighted by molar-refractivity contribution is 5.92. The van der Waals surface area contributed by atoms with Crippen molar-refractivity contribution in [1.29, 1.82) is 0 Å². The number of hydrogen-bond acceptors (Lipinski definition) is 12. The standard InChI is InChI=1S/C21H26O9.C9H11NO3/c1-5-8-27-20(23)16-9-14(12-25-3)6-7-17(16)29-19-11-15(28-13(2)22)10-18(30-19)21(24)26-4;11-4-7-1-2-9(10-6-13)8(3-7)5-12/h5-7,9,15,18-19H,1,8,10-12H2,2-4H3;1-3,6,11-12H,4-5H2,(H,10,13). The number of rotatable bonds is 13. The zero-order valence-electron chi connectivity index (χ0n) is 24.3. The van der Waals surface area contributed by atoms with Crippen molar-refractivity contribution in [2.24, 2.45) is 0 Å². The molecule has 3 atom stereocenters. The van der Waals surface area contributed by atoms with E-state index in [9.17, 15) is 19.2 Å². The second-order valence-corrected chi connectivity index (χ2v) is 9.12. The van der Waals surface area contributed by atoms with Crippen LogP contribution >= 0.6 is 0 Å². The maximum absolute atomic E-state index is 12.5. The van der Waals surface area contributed by atoms with Gasteiger partial charge in [0.1, 0.15) is 24.0 Å². The first-order valence-electron chi connectivity index (χ1n) is 13.2. The molecular weight excluding hydrogens is 566 g/mol. The van der Waals surface area contributed by atoms with E-state index in [1.165, 1.54) is 27.2 Å². The fourth-order valence-corrected chi connectivity index (χ4v) is 4.06. The molecule has 43 heavy (non-hydrogen) atoms. The number of hydrogen-bond donors (Lipinski definition) is 3. The molecule has 0 saturated carbocycles. The third-order valence-corrected chi connectivity index (χ3v) is 5.95. The third-order valence-electron chi connectivity index (χ3n) is 5.95. The number of carbonyl (C=O) groups is 4. The predicted molar refractivity (Wildman–Crippen MR) is 152 cm³/mol. The summed E-state index contributed by atoms with van der Waals surface area (Å²) in [5.41, 5.74) is 2.78. The van der Waals surface area contributed by atoms with E-state index < -0.39 is 36.4 Å². The molecule has 0 bridgehead atoms. The molecule has 1 amide bonds. The zero-order chi connectivity index (χ0) is 31.8. The Bertz CT molecular complexity index is 1250. The smallest absolute Gasteiger partial charge is 0.342 e. The van der Waals surface area contributed by atoms with Crippen molar-refractivity contribution in [3.63, 3.8) is 0 Å². The summed E-state index contributed by atoms with van der Waals surface area (Å²) in [6.45, 7) is 4.89. The van der Waals surface area contributed by atoms with Crippen molar-refractivity contribution in [3.8, 4) is 5.75 Å². The minimum Gasteiger partial charge on any atom is -0.467 e. The van der Waals surface area contributed by atoms with E-state index in [1.807, 2.05) is 0 Å². The van der Waals surface area contributed by atoms with Gasteiger partial charge in [-0.3, -0.25) is 9.59 Å². The van der Waals surface area contributed by atoms with E-state index in [2.05, 4.69) is 11.9 Å². The number of methoxy groups -OCH3 is 2. The average Bonchev–Trinajstić information content (AvgIpc) is 3.00.